The number of anilines is 1. The molecular formula is C11H9N3O4. The molecule has 18 heavy (non-hydrogen) atoms. The molecule has 2 aromatic rings. The zero-order chi connectivity index (χ0) is 13.3. The van der Waals surface area contributed by atoms with Gasteiger partial charge in [0.2, 0.25) is 11.3 Å². The predicted molar refractivity (Wildman–Crippen MR) is 63.6 cm³/mol. The third-order valence-electron chi connectivity index (χ3n) is 2.26. The number of carbonyl (C=O) groups is 2. The SMILES string of the molecule is CC(=O)Nc1ccc2[nH]cc(C(=O)O)c(=O)c2n1. The van der Waals surface area contributed by atoms with Crippen molar-refractivity contribution in [3.8, 4) is 0 Å². The molecule has 0 unspecified atom stereocenters. The van der Waals surface area contributed by atoms with Gasteiger partial charge in [0.05, 0.1) is 5.52 Å². The fraction of sp³-hybridized carbons (Fsp3) is 0.0909. The summed E-state index contributed by atoms with van der Waals surface area (Å²) in [6.45, 7) is 1.31. The Morgan fingerprint density at radius 2 is 2.11 bits per heavy atom. The molecule has 1 amide bonds. The summed E-state index contributed by atoms with van der Waals surface area (Å²) in [6, 6.07) is 3.06. The molecule has 0 bridgehead atoms. The van der Waals surface area contributed by atoms with Gasteiger partial charge in [-0.2, -0.15) is 0 Å². The van der Waals surface area contributed by atoms with Crippen molar-refractivity contribution in [3.63, 3.8) is 0 Å². The largest absolute Gasteiger partial charge is 0.477 e. The van der Waals surface area contributed by atoms with Gasteiger partial charge in [-0.15, -0.1) is 0 Å². The summed E-state index contributed by atoms with van der Waals surface area (Å²) in [5, 5.41) is 11.2. The number of fused-ring (bicyclic) bond motifs is 1. The van der Waals surface area contributed by atoms with E-state index in [2.05, 4.69) is 15.3 Å². The highest BCUT2D eigenvalue weighted by molar-refractivity contribution is 5.92. The molecule has 0 fully saturated rings. The van der Waals surface area contributed by atoms with E-state index in [4.69, 9.17) is 5.11 Å². The van der Waals surface area contributed by atoms with E-state index in [-0.39, 0.29) is 17.2 Å². The molecule has 7 nitrogen and oxygen atoms in total. The molecule has 0 aliphatic heterocycles. The molecule has 0 spiro atoms. The summed E-state index contributed by atoms with van der Waals surface area (Å²) >= 11 is 0. The van der Waals surface area contributed by atoms with Crippen molar-refractivity contribution < 1.29 is 14.7 Å². The monoisotopic (exact) mass is 247 g/mol. The third-order valence-corrected chi connectivity index (χ3v) is 2.26. The number of aromatic amines is 1. The molecule has 2 aromatic heterocycles. The van der Waals surface area contributed by atoms with E-state index in [1.807, 2.05) is 0 Å². The smallest absolute Gasteiger partial charge is 0.341 e. The molecule has 0 saturated carbocycles. The fourth-order valence-corrected chi connectivity index (χ4v) is 1.50. The van der Waals surface area contributed by atoms with Gasteiger partial charge in [-0.1, -0.05) is 0 Å². The van der Waals surface area contributed by atoms with Crippen molar-refractivity contribution in [1.29, 1.82) is 0 Å². The van der Waals surface area contributed by atoms with E-state index >= 15 is 0 Å². The molecule has 0 atom stereocenters. The first-order chi connectivity index (χ1) is 8.49. The number of aromatic carboxylic acids is 1. The van der Waals surface area contributed by atoms with Crippen molar-refractivity contribution in [3.05, 3.63) is 34.1 Å². The molecule has 3 N–H and O–H groups in total. The number of amides is 1. The maximum Gasteiger partial charge on any atom is 0.341 e. The van der Waals surface area contributed by atoms with Crippen molar-refractivity contribution in [2.45, 2.75) is 6.92 Å². The van der Waals surface area contributed by atoms with Gasteiger partial charge in [-0.25, -0.2) is 9.78 Å². The van der Waals surface area contributed by atoms with E-state index in [0.717, 1.165) is 6.20 Å². The van der Waals surface area contributed by atoms with Crippen LogP contribution in [0.4, 0.5) is 5.82 Å². The number of aromatic nitrogens is 2. The summed E-state index contributed by atoms with van der Waals surface area (Å²) in [6.07, 6.45) is 1.12. The Bertz CT molecular complexity index is 705. The van der Waals surface area contributed by atoms with E-state index in [0.29, 0.717) is 5.52 Å². The summed E-state index contributed by atoms with van der Waals surface area (Å²) in [7, 11) is 0. The van der Waals surface area contributed by atoms with Gasteiger partial charge < -0.3 is 15.4 Å². The predicted octanol–water partition coefficient (Wildman–Crippen LogP) is 0.580. The highest BCUT2D eigenvalue weighted by Crippen LogP contribution is 2.10. The first kappa shape index (κ1) is 11.8. The molecule has 0 aliphatic rings. The second kappa shape index (κ2) is 4.28. The fourth-order valence-electron chi connectivity index (χ4n) is 1.50. The number of carboxylic acids is 1. The normalized spacial score (nSPS) is 10.3. The number of pyridine rings is 2. The van der Waals surface area contributed by atoms with Crippen LogP contribution in [0, 0.1) is 0 Å². The number of hydrogen-bond donors (Lipinski definition) is 3. The van der Waals surface area contributed by atoms with Gasteiger partial charge in [0, 0.05) is 13.1 Å². The van der Waals surface area contributed by atoms with Crippen LogP contribution < -0.4 is 10.7 Å². The lowest BCUT2D eigenvalue weighted by Crippen LogP contribution is -2.17. The number of nitrogens with zero attached hydrogens (tertiary/aromatic N) is 1. The molecule has 92 valence electrons. The number of H-pyrrole nitrogens is 1. The minimum Gasteiger partial charge on any atom is -0.477 e. The van der Waals surface area contributed by atoms with Gasteiger partial charge in [0.1, 0.15) is 16.9 Å². The third kappa shape index (κ3) is 2.05. The topological polar surface area (TPSA) is 112 Å². The lowest BCUT2D eigenvalue weighted by Gasteiger charge is -2.03. The summed E-state index contributed by atoms with van der Waals surface area (Å²) in [4.78, 5) is 40.1. The molecule has 0 radical (unpaired) electrons. The Morgan fingerprint density at radius 1 is 1.39 bits per heavy atom. The number of rotatable bonds is 2. The molecular weight excluding hydrogens is 238 g/mol. The van der Waals surface area contributed by atoms with Crippen molar-refractivity contribution in [2.24, 2.45) is 0 Å². The molecule has 2 rings (SSSR count). The van der Waals surface area contributed by atoms with Gasteiger partial charge >= 0.3 is 5.97 Å². The zero-order valence-corrected chi connectivity index (χ0v) is 9.35. The van der Waals surface area contributed by atoms with E-state index in [1.54, 1.807) is 6.07 Å². The van der Waals surface area contributed by atoms with Crippen LogP contribution >= 0.6 is 0 Å². The molecule has 0 aromatic carbocycles. The number of carbonyl (C=O) groups excluding carboxylic acids is 1. The Hall–Kier alpha value is -2.70. The maximum absolute atomic E-state index is 11.8. The minimum atomic E-state index is -1.33. The van der Waals surface area contributed by atoms with Crippen LogP contribution in [0.5, 0.6) is 0 Å². The van der Waals surface area contributed by atoms with Crippen LogP contribution in [0.25, 0.3) is 11.0 Å². The average Bonchev–Trinajstić information content (AvgIpc) is 2.29. The molecule has 2 heterocycles. The lowest BCUT2D eigenvalue weighted by molar-refractivity contribution is -0.114. The Kier molecular flexibility index (Phi) is 2.80. The van der Waals surface area contributed by atoms with Crippen LogP contribution in [-0.2, 0) is 4.79 Å². The zero-order valence-electron chi connectivity index (χ0n) is 9.35. The second-order valence-electron chi connectivity index (χ2n) is 3.61. The van der Waals surface area contributed by atoms with E-state index in [1.165, 1.54) is 13.0 Å². The highest BCUT2D eigenvalue weighted by Gasteiger charge is 2.12. The van der Waals surface area contributed by atoms with E-state index < -0.39 is 17.0 Å². The summed E-state index contributed by atoms with van der Waals surface area (Å²) in [5.41, 5.74) is -0.710. The van der Waals surface area contributed by atoms with Crippen molar-refractivity contribution in [1.82, 2.24) is 9.97 Å². The Labute approximate surface area is 100 Å². The lowest BCUT2D eigenvalue weighted by atomic mass is 10.2. The Morgan fingerprint density at radius 3 is 2.72 bits per heavy atom. The molecule has 0 saturated heterocycles. The molecule has 0 aliphatic carbocycles. The van der Waals surface area contributed by atoms with Gasteiger partial charge in [0.15, 0.2) is 0 Å². The second-order valence-corrected chi connectivity index (χ2v) is 3.61. The average molecular weight is 247 g/mol. The number of nitrogens with one attached hydrogen (secondary N) is 2. The van der Waals surface area contributed by atoms with Crippen LogP contribution in [-0.4, -0.2) is 27.0 Å². The van der Waals surface area contributed by atoms with Gasteiger partial charge in [0.25, 0.3) is 0 Å². The van der Waals surface area contributed by atoms with Crippen LogP contribution in [0.3, 0.4) is 0 Å². The van der Waals surface area contributed by atoms with E-state index in [9.17, 15) is 14.4 Å². The first-order valence-corrected chi connectivity index (χ1v) is 5.02. The number of carboxylic acid groups (broad SMARTS) is 1. The first-order valence-electron chi connectivity index (χ1n) is 5.02. The van der Waals surface area contributed by atoms with Crippen molar-refractivity contribution in [2.75, 3.05) is 5.32 Å². The Balaban J connectivity index is 2.66. The maximum atomic E-state index is 11.8. The minimum absolute atomic E-state index is 0.0267. The van der Waals surface area contributed by atoms with Gasteiger partial charge in [-0.3, -0.25) is 9.59 Å². The van der Waals surface area contributed by atoms with Crippen molar-refractivity contribution >= 4 is 28.7 Å². The highest BCUT2D eigenvalue weighted by atomic mass is 16.4. The van der Waals surface area contributed by atoms with Gasteiger partial charge in [-0.05, 0) is 12.1 Å². The number of hydrogen-bond acceptors (Lipinski definition) is 4. The summed E-state index contributed by atoms with van der Waals surface area (Å²) < 4.78 is 0. The quantitative estimate of drug-likeness (QED) is 0.718. The molecule has 7 heteroatoms. The summed E-state index contributed by atoms with van der Waals surface area (Å²) in [5.74, 6) is -1.46. The standard InChI is InChI=1S/C11H9N3O4/c1-5(15)13-8-3-2-7-9(14-8)10(16)6(4-12-7)11(17)18/h2-4H,1H3,(H,12,16)(H,17,18)(H,13,14,15). The van der Waals surface area contributed by atoms with Crippen LogP contribution in [0.1, 0.15) is 17.3 Å². The van der Waals surface area contributed by atoms with Crippen LogP contribution in [0.15, 0.2) is 23.1 Å². The van der Waals surface area contributed by atoms with Crippen LogP contribution in [0.2, 0.25) is 0 Å².